The summed E-state index contributed by atoms with van der Waals surface area (Å²) in [6.45, 7) is 0. The van der Waals surface area contributed by atoms with Crippen LogP contribution < -0.4 is 0 Å². The van der Waals surface area contributed by atoms with Gasteiger partial charge in [0.1, 0.15) is 0 Å². The van der Waals surface area contributed by atoms with E-state index in [1.807, 2.05) is 0 Å². The standard InChI is InChI=1S/C4F10O3S/c5-1(6,7)3(11,12)17-4(13,2(8,9)10)18(14,15)16. The fourth-order valence-corrected chi connectivity index (χ4v) is 0.949. The van der Waals surface area contributed by atoms with Crippen LogP contribution in [0.3, 0.4) is 0 Å². The van der Waals surface area contributed by atoms with E-state index < -0.39 is 33.9 Å². The summed E-state index contributed by atoms with van der Waals surface area (Å²) in [4.78, 5) is 0. The lowest BCUT2D eigenvalue weighted by Crippen LogP contribution is -2.55. The molecule has 0 amide bonds. The summed E-state index contributed by atoms with van der Waals surface area (Å²) in [5.74, 6) is 0. The first kappa shape index (κ1) is 17.2. The summed E-state index contributed by atoms with van der Waals surface area (Å²) in [7, 11) is -7.61. The second kappa shape index (κ2) is 4.11. The number of halogens is 10. The third kappa shape index (κ3) is 2.96. The minimum Gasteiger partial charge on any atom is -0.253 e. The molecule has 0 rings (SSSR count). The molecule has 1 atom stereocenters. The minimum absolute atomic E-state index is 1.51. The highest BCUT2D eigenvalue weighted by atomic mass is 32.3. The number of alkyl halides is 9. The number of rotatable bonds is 3. The van der Waals surface area contributed by atoms with Crippen LogP contribution >= 0.6 is 0 Å². The molecule has 3 nitrogen and oxygen atoms in total. The van der Waals surface area contributed by atoms with E-state index >= 15 is 0 Å². The van der Waals surface area contributed by atoms with E-state index in [2.05, 4.69) is 0 Å². The van der Waals surface area contributed by atoms with Gasteiger partial charge >= 0.3 is 33.9 Å². The maximum Gasteiger partial charge on any atom is 0.483 e. The highest BCUT2D eigenvalue weighted by Gasteiger charge is 2.76. The first-order valence-corrected chi connectivity index (χ1v) is 4.68. The lowest BCUT2D eigenvalue weighted by Gasteiger charge is -2.28. The molecule has 18 heavy (non-hydrogen) atoms. The molecule has 0 bridgehead atoms. The van der Waals surface area contributed by atoms with Crippen LogP contribution in [0.2, 0.25) is 0 Å². The Bertz CT molecular complexity index is 406. The number of hydrogen-bond donors (Lipinski definition) is 0. The number of hydrogen-bond acceptors (Lipinski definition) is 3. The Hall–Kier alpha value is -0.790. The largest absolute Gasteiger partial charge is 0.483 e. The van der Waals surface area contributed by atoms with Crippen molar-refractivity contribution in [2.75, 3.05) is 0 Å². The highest BCUT2D eigenvalue weighted by molar-refractivity contribution is 7.87. The Morgan fingerprint density at radius 3 is 1.22 bits per heavy atom. The van der Waals surface area contributed by atoms with Crippen molar-refractivity contribution in [2.24, 2.45) is 0 Å². The third-order valence-electron chi connectivity index (χ3n) is 1.24. The van der Waals surface area contributed by atoms with Crippen molar-refractivity contribution in [3.05, 3.63) is 0 Å². The minimum atomic E-state index is -7.61. The Morgan fingerprint density at radius 1 is 0.722 bits per heavy atom. The normalized spacial score (nSPS) is 18.6. The number of ether oxygens (including phenoxy) is 1. The summed E-state index contributed by atoms with van der Waals surface area (Å²) in [5.41, 5.74) is 0. The monoisotopic (exact) mass is 318 g/mol. The molecule has 0 heterocycles. The van der Waals surface area contributed by atoms with Crippen LogP contribution in [0.25, 0.3) is 0 Å². The van der Waals surface area contributed by atoms with Gasteiger partial charge in [0.15, 0.2) is 0 Å². The lowest BCUT2D eigenvalue weighted by atomic mass is 10.5. The molecule has 110 valence electrons. The molecule has 0 spiro atoms. The van der Waals surface area contributed by atoms with Gasteiger partial charge in [0.05, 0.1) is 0 Å². The first-order valence-electron chi connectivity index (χ1n) is 3.30. The molecular formula is C4F10O3S. The molecule has 0 saturated heterocycles. The fraction of sp³-hybridized carbons (Fsp3) is 1.00. The zero-order valence-electron chi connectivity index (χ0n) is 7.41. The van der Waals surface area contributed by atoms with E-state index in [-0.39, 0.29) is 0 Å². The predicted octanol–water partition coefficient (Wildman–Crippen LogP) is 2.64. The van der Waals surface area contributed by atoms with Gasteiger partial charge in [-0.05, 0) is 0 Å². The van der Waals surface area contributed by atoms with Crippen LogP contribution in [0.5, 0.6) is 0 Å². The van der Waals surface area contributed by atoms with Gasteiger partial charge in [0.2, 0.25) is 0 Å². The summed E-state index contributed by atoms with van der Waals surface area (Å²) in [5, 5.41) is -6.85. The SMILES string of the molecule is O=S(=O)(F)C(F)(OC(F)(F)C(F)(F)F)C(F)(F)F. The van der Waals surface area contributed by atoms with Crippen molar-refractivity contribution in [2.45, 2.75) is 23.6 Å². The van der Waals surface area contributed by atoms with Gasteiger partial charge in [-0.2, -0.15) is 47.9 Å². The average molecular weight is 318 g/mol. The molecule has 14 heteroatoms. The van der Waals surface area contributed by atoms with Crippen molar-refractivity contribution in [3.63, 3.8) is 0 Å². The molecule has 0 aromatic heterocycles. The van der Waals surface area contributed by atoms with Crippen molar-refractivity contribution >= 4 is 10.2 Å². The Kier molecular flexibility index (Phi) is 3.93. The molecule has 0 aromatic rings. The molecule has 0 radical (unpaired) electrons. The Labute approximate surface area is 91.5 Å². The van der Waals surface area contributed by atoms with Gasteiger partial charge in [-0.25, -0.2) is 0 Å². The zero-order chi connectivity index (χ0) is 15.2. The Balaban J connectivity index is 5.74. The van der Waals surface area contributed by atoms with Crippen LogP contribution in [0, 0.1) is 0 Å². The van der Waals surface area contributed by atoms with E-state index in [0.29, 0.717) is 0 Å². The smallest absolute Gasteiger partial charge is 0.253 e. The van der Waals surface area contributed by atoms with E-state index in [1.165, 1.54) is 4.74 Å². The summed E-state index contributed by atoms with van der Waals surface area (Å²) >= 11 is 0. The van der Waals surface area contributed by atoms with E-state index in [0.717, 1.165) is 0 Å². The summed E-state index contributed by atoms with van der Waals surface area (Å²) in [6.07, 6.45) is -20.8. The first-order chi connectivity index (χ1) is 7.46. The predicted molar refractivity (Wildman–Crippen MR) is 32.0 cm³/mol. The van der Waals surface area contributed by atoms with Crippen molar-refractivity contribution in [3.8, 4) is 0 Å². The molecule has 0 aromatic carbocycles. The van der Waals surface area contributed by atoms with Crippen LogP contribution in [0.4, 0.5) is 43.4 Å². The second-order valence-electron chi connectivity index (χ2n) is 2.59. The van der Waals surface area contributed by atoms with E-state index in [9.17, 15) is 51.8 Å². The molecule has 0 aliphatic rings. The van der Waals surface area contributed by atoms with Gasteiger partial charge < -0.3 is 0 Å². The summed E-state index contributed by atoms with van der Waals surface area (Å²) in [6, 6.07) is 0. The van der Waals surface area contributed by atoms with Crippen molar-refractivity contribution in [1.82, 2.24) is 0 Å². The van der Waals surface area contributed by atoms with Crippen molar-refractivity contribution < 1.29 is 56.6 Å². The molecule has 0 fully saturated rings. The molecular weight excluding hydrogens is 318 g/mol. The maximum atomic E-state index is 12.5. The topological polar surface area (TPSA) is 43.4 Å². The van der Waals surface area contributed by atoms with Crippen LogP contribution in [0.1, 0.15) is 0 Å². The summed E-state index contributed by atoms with van der Waals surface area (Å²) < 4.78 is 139. The van der Waals surface area contributed by atoms with Gasteiger partial charge in [-0.3, -0.25) is 4.74 Å². The average Bonchev–Trinajstić information content (AvgIpc) is 1.95. The van der Waals surface area contributed by atoms with Crippen molar-refractivity contribution in [1.29, 1.82) is 0 Å². The Morgan fingerprint density at radius 2 is 1.06 bits per heavy atom. The third-order valence-corrected chi connectivity index (χ3v) is 2.18. The van der Waals surface area contributed by atoms with Gasteiger partial charge in [-0.1, -0.05) is 3.89 Å². The molecule has 0 saturated carbocycles. The van der Waals surface area contributed by atoms with Crippen LogP contribution in [0.15, 0.2) is 0 Å². The van der Waals surface area contributed by atoms with Gasteiger partial charge in [0, 0.05) is 0 Å². The molecule has 1 unspecified atom stereocenters. The molecule has 0 N–H and O–H groups in total. The van der Waals surface area contributed by atoms with Gasteiger partial charge in [-0.15, -0.1) is 0 Å². The maximum absolute atomic E-state index is 12.5. The van der Waals surface area contributed by atoms with Crippen LogP contribution in [-0.2, 0) is 15.0 Å². The van der Waals surface area contributed by atoms with Crippen LogP contribution in [-0.4, -0.2) is 32.1 Å². The molecule has 0 aliphatic heterocycles. The fourth-order valence-electron chi connectivity index (χ4n) is 0.469. The van der Waals surface area contributed by atoms with E-state index in [4.69, 9.17) is 0 Å². The second-order valence-corrected chi connectivity index (χ2v) is 3.99. The highest BCUT2D eigenvalue weighted by Crippen LogP contribution is 2.48. The zero-order valence-corrected chi connectivity index (χ0v) is 8.23. The van der Waals surface area contributed by atoms with E-state index in [1.54, 1.807) is 0 Å². The quantitative estimate of drug-likeness (QED) is 0.593. The van der Waals surface area contributed by atoms with Gasteiger partial charge in [0.25, 0.3) is 0 Å². The lowest BCUT2D eigenvalue weighted by molar-refractivity contribution is -0.450. The molecule has 0 aliphatic carbocycles.